The Balaban J connectivity index is 1.67. The Morgan fingerprint density at radius 3 is 2.31 bits per heavy atom. The van der Waals surface area contributed by atoms with Gasteiger partial charge in [0.2, 0.25) is 0 Å². The number of ether oxygens (including phenoxy) is 3. The maximum atomic E-state index is 13.3. The molecule has 0 saturated carbocycles. The van der Waals surface area contributed by atoms with Gasteiger partial charge in [0, 0.05) is 5.56 Å². The minimum atomic E-state index is -0.100. The van der Waals surface area contributed by atoms with Crippen molar-refractivity contribution in [2.45, 2.75) is 26.5 Å². The van der Waals surface area contributed by atoms with Crippen LogP contribution in [-0.4, -0.2) is 29.4 Å². The molecular formula is C26H26N2O4. The molecule has 0 fully saturated rings. The quantitative estimate of drug-likeness (QED) is 0.396. The van der Waals surface area contributed by atoms with E-state index in [0.29, 0.717) is 41.4 Å². The van der Waals surface area contributed by atoms with Crippen molar-refractivity contribution < 1.29 is 14.2 Å². The molecule has 0 atom stereocenters. The van der Waals surface area contributed by atoms with E-state index >= 15 is 0 Å². The molecule has 0 amide bonds. The van der Waals surface area contributed by atoms with Gasteiger partial charge in [0.1, 0.15) is 18.2 Å². The molecular weight excluding hydrogens is 404 g/mol. The molecule has 3 aromatic carbocycles. The third-order valence-corrected chi connectivity index (χ3v) is 4.99. The van der Waals surface area contributed by atoms with E-state index < -0.39 is 0 Å². The van der Waals surface area contributed by atoms with Crippen LogP contribution >= 0.6 is 0 Å². The second-order valence-electron chi connectivity index (χ2n) is 7.60. The largest absolute Gasteiger partial charge is 0.497 e. The van der Waals surface area contributed by atoms with E-state index in [0.717, 1.165) is 11.3 Å². The minimum absolute atomic E-state index is 0.0359. The number of aromatic nitrogens is 2. The summed E-state index contributed by atoms with van der Waals surface area (Å²) in [7, 11) is 1.62. The Kier molecular flexibility index (Phi) is 6.40. The van der Waals surface area contributed by atoms with Crippen LogP contribution < -0.4 is 19.8 Å². The lowest BCUT2D eigenvalue weighted by molar-refractivity contribution is 0.218. The highest BCUT2D eigenvalue weighted by atomic mass is 16.5. The van der Waals surface area contributed by atoms with Crippen LogP contribution in [0.5, 0.6) is 17.2 Å². The SMILES string of the molecule is COc1ccc(-c2nc3ccccc3c(=O)n2CCOc2ccccc2OC(C)C)cc1. The third-order valence-electron chi connectivity index (χ3n) is 4.99. The molecule has 0 N–H and O–H groups in total. The molecule has 4 aromatic rings. The first-order valence-electron chi connectivity index (χ1n) is 10.6. The zero-order valence-electron chi connectivity index (χ0n) is 18.4. The van der Waals surface area contributed by atoms with Crippen molar-refractivity contribution in [3.63, 3.8) is 0 Å². The van der Waals surface area contributed by atoms with Crippen LogP contribution in [-0.2, 0) is 6.54 Å². The average molecular weight is 431 g/mol. The van der Waals surface area contributed by atoms with Gasteiger partial charge in [-0.1, -0.05) is 24.3 Å². The van der Waals surface area contributed by atoms with Crippen LogP contribution in [0.2, 0.25) is 0 Å². The third kappa shape index (κ3) is 4.59. The van der Waals surface area contributed by atoms with E-state index in [1.54, 1.807) is 17.7 Å². The number of hydrogen-bond acceptors (Lipinski definition) is 5. The molecule has 1 aromatic heterocycles. The van der Waals surface area contributed by atoms with Gasteiger partial charge in [0.15, 0.2) is 11.5 Å². The topological polar surface area (TPSA) is 62.6 Å². The van der Waals surface area contributed by atoms with Gasteiger partial charge in [-0.25, -0.2) is 4.98 Å². The first-order valence-corrected chi connectivity index (χ1v) is 10.6. The molecule has 6 heteroatoms. The lowest BCUT2D eigenvalue weighted by Crippen LogP contribution is -2.26. The number of rotatable bonds is 8. The zero-order chi connectivity index (χ0) is 22.5. The smallest absolute Gasteiger partial charge is 0.261 e. The van der Waals surface area contributed by atoms with E-state index in [1.165, 1.54) is 0 Å². The zero-order valence-corrected chi connectivity index (χ0v) is 18.4. The van der Waals surface area contributed by atoms with Gasteiger partial charge in [0.05, 0.1) is 30.7 Å². The van der Waals surface area contributed by atoms with Crippen molar-refractivity contribution in [1.82, 2.24) is 9.55 Å². The number of para-hydroxylation sites is 3. The van der Waals surface area contributed by atoms with E-state index in [1.807, 2.05) is 80.6 Å². The van der Waals surface area contributed by atoms with Gasteiger partial charge < -0.3 is 14.2 Å². The fourth-order valence-electron chi connectivity index (χ4n) is 3.50. The predicted molar refractivity (Wildman–Crippen MR) is 126 cm³/mol. The summed E-state index contributed by atoms with van der Waals surface area (Å²) >= 11 is 0. The van der Waals surface area contributed by atoms with E-state index in [9.17, 15) is 4.79 Å². The molecule has 6 nitrogen and oxygen atoms in total. The summed E-state index contributed by atoms with van der Waals surface area (Å²) in [5.41, 5.74) is 1.39. The van der Waals surface area contributed by atoms with Crippen molar-refractivity contribution >= 4 is 10.9 Å². The summed E-state index contributed by atoms with van der Waals surface area (Å²) in [6.07, 6.45) is 0.0359. The monoisotopic (exact) mass is 430 g/mol. The predicted octanol–water partition coefficient (Wildman–Crippen LogP) is 4.94. The van der Waals surface area contributed by atoms with Gasteiger partial charge in [0.25, 0.3) is 5.56 Å². The Morgan fingerprint density at radius 1 is 0.906 bits per heavy atom. The lowest BCUT2D eigenvalue weighted by Gasteiger charge is -2.17. The second kappa shape index (κ2) is 9.56. The Morgan fingerprint density at radius 2 is 1.59 bits per heavy atom. The number of fused-ring (bicyclic) bond motifs is 1. The average Bonchev–Trinajstić information content (AvgIpc) is 2.81. The second-order valence-corrected chi connectivity index (χ2v) is 7.60. The van der Waals surface area contributed by atoms with E-state index in [-0.39, 0.29) is 11.7 Å². The lowest BCUT2D eigenvalue weighted by atomic mass is 10.1. The van der Waals surface area contributed by atoms with Crippen LogP contribution in [0.4, 0.5) is 0 Å². The molecule has 0 aliphatic heterocycles. The molecule has 0 unspecified atom stereocenters. The van der Waals surface area contributed by atoms with Crippen molar-refractivity contribution in [3.8, 4) is 28.6 Å². The molecule has 0 spiro atoms. The van der Waals surface area contributed by atoms with E-state index in [2.05, 4.69) is 0 Å². The number of benzene rings is 3. The maximum Gasteiger partial charge on any atom is 0.261 e. The van der Waals surface area contributed by atoms with Crippen LogP contribution in [0.15, 0.2) is 77.6 Å². The van der Waals surface area contributed by atoms with Crippen LogP contribution in [0.25, 0.3) is 22.3 Å². The summed E-state index contributed by atoms with van der Waals surface area (Å²) in [4.78, 5) is 18.1. The first kappa shape index (κ1) is 21.4. The Labute approximate surface area is 187 Å². The highest BCUT2D eigenvalue weighted by molar-refractivity contribution is 5.79. The van der Waals surface area contributed by atoms with Gasteiger partial charge in [-0.2, -0.15) is 0 Å². The molecule has 0 aliphatic carbocycles. The number of nitrogens with zero attached hydrogens (tertiary/aromatic N) is 2. The fourth-order valence-corrected chi connectivity index (χ4v) is 3.50. The summed E-state index contributed by atoms with van der Waals surface area (Å²) in [5, 5.41) is 0.577. The van der Waals surface area contributed by atoms with Crippen LogP contribution in [0.3, 0.4) is 0 Å². The Hall–Kier alpha value is -3.80. The summed E-state index contributed by atoms with van der Waals surface area (Å²) in [6, 6.07) is 22.4. The van der Waals surface area contributed by atoms with Crippen molar-refractivity contribution in [2.24, 2.45) is 0 Å². The fraction of sp³-hybridized carbons (Fsp3) is 0.231. The molecule has 164 valence electrons. The highest BCUT2D eigenvalue weighted by Crippen LogP contribution is 2.28. The van der Waals surface area contributed by atoms with Gasteiger partial charge in [-0.3, -0.25) is 9.36 Å². The highest BCUT2D eigenvalue weighted by Gasteiger charge is 2.14. The first-order chi connectivity index (χ1) is 15.6. The minimum Gasteiger partial charge on any atom is -0.497 e. The van der Waals surface area contributed by atoms with Crippen molar-refractivity contribution in [1.29, 1.82) is 0 Å². The summed E-state index contributed by atoms with van der Waals surface area (Å²) in [6.45, 7) is 4.58. The maximum absolute atomic E-state index is 13.3. The molecule has 1 heterocycles. The van der Waals surface area contributed by atoms with Gasteiger partial charge in [-0.15, -0.1) is 0 Å². The Bertz CT molecular complexity index is 1260. The van der Waals surface area contributed by atoms with E-state index in [4.69, 9.17) is 19.2 Å². The van der Waals surface area contributed by atoms with Gasteiger partial charge in [-0.05, 0) is 62.4 Å². The normalized spacial score (nSPS) is 11.0. The number of hydrogen-bond donors (Lipinski definition) is 0. The summed E-state index contributed by atoms with van der Waals surface area (Å²) in [5.74, 6) is 2.66. The number of methoxy groups -OCH3 is 1. The van der Waals surface area contributed by atoms with Crippen LogP contribution in [0.1, 0.15) is 13.8 Å². The summed E-state index contributed by atoms with van der Waals surface area (Å²) < 4.78 is 18.8. The molecule has 4 rings (SSSR count). The standard InChI is InChI=1S/C26H26N2O4/c1-18(2)32-24-11-7-6-10-23(24)31-17-16-28-25(19-12-14-20(30-3)15-13-19)27-22-9-5-4-8-21(22)26(28)29/h4-15,18H,16-17H2,1-3H3. The molecule has 0 bridgehead atoms. The van der Waals surface area contributed by atoms with Crippen molar-refractivity contribution in [3.05, 3.63) is 83.2 Å². The van der Waals surface area contributed by atoms with Crippen molar-refractivity contribution in [2.75, 3.05) is 13.7 Å². The molecule has 0 radical (unpaired) electrons. The van der Waals surface area contributed by atoms with Gasteiger partial charge >= 0.3 is 0 Å². The molecule has 32 heavy (non-hydrogen) atoms. The van der Waals surface area contributed by atoms with Crippen LogP contribution in [0, 0.1) is 0 Å². The molecule has 0 saturated heterocycles. The molecule has 0 aliphatic rings.